The minimum atomic E-state index is -1.32. The maximum atomic E-state index is 6.45. The van der Waals surface area contributed by atoms with Gasteiger partial charge in [-0.3, -0.25) is 0 Å². The zero-order valence-corrected chi connectivity index (χ0v) is 11.3. The third-order valence-corrected chi connectivity index (χ3v) is 5.61. The smallest absolute Gasteiger partial charge is 0.184 e. The molecule has 0 aromatic heterocycles. The van der Waals surface area contributed by atoms with Crippen molar-refractivity contribution in [1.29, 1.82) is 0 Å². The van der Waals surface area contributed by atoms with Gasteiger partial charge in [-0.1, -0.05) is 0 Å². The van der Waals surface area contributed by atoms with Crippen LogP contribution in [0.25, 0.3) is 0 Å². The molecule has 0 radical (unpaired) electrons. The Morgan fingerprint density at radius 2 is 1.27 bits per heavy atom. The van der Waals surface area contributed by atoms with E-state index in [-0.39, 0.29) is 0 Å². The molecule has 0 aliphatic heterocycles. The van der Waals surface area contributed by atoms with Crippen LogP contribution in [0.4, 0.5) is 0 Å². The van der Waals surface area contributed by atoms with Gasteiger partial charge >= 0.3 is 0 Å². The monoisotopic (exact) mass is 224 g/mol. The Bertz CT molecular complexity index is 228. The Hall–Kier alpha value is 0.177. The first-order chi connectivity index (χ1) is 7.01. The molecule has 0 atom stereocenters. The van der Waals surface area contributed by atoms with Crippen molar-refractivity contribution < 1.29 is 4.43 Å². The van der Waals surface area contributed by atoms with Gasteiger partial charge in [-0.05, 0) is 75.4 Å². The van der Waals surface area contributed by atoms with Gasteiger partial charge < -0.3 is 4.43 Å². The second-order valence-electron chi connectivity index (χ2n) is 7.13. The summed E-state index contributed by atoms with van der Waals surface area (Å²) in [6.07, 6.45) is 8.16. The first-order valence-corrected chi connectivity index (χ1v) is 10.1. The van der Waals surface area contributed by atoms with Crippen molar-refractivity contribution >= 4 is 8.32 Å². The number of hydrogen-bond donors (Lipinski definition) is 0. The molecule has 0 unspecified atom stereocenters. The van der Waals surface area contributed by atoms with E-state index in [0.717, 1.165) is 23.7 Å². The number of hydrogen-bond acceptors (Lipinski definition) is 1. The maximum absolute atomic E-state index is 6.45. The van der Waals surface area contributed by atoms with Crippen molar-refractivity contribution in [2.75, 3.05) is 0 Å². The quantitative estimate of drug-likeness (QED) is 0.650. The second-order valence-corrected chi connectivity index (χ2v) is 11.6. The average molecular weight is 224 g/mol. The molecule has 0 heterocycles. The first kappa shape index (κ1) is 10.3. The predicted molar refractivity (Wildman–Crippen MR) is 65.3 cm³/mol. The van der Waals surface area contributed by atoms with Gasteiger partial charge in [-0.25, -0.2) is 0 Å². The van der Waals surface area contributed by atoms with Gasteiger partial charge in [0, 0.05) is 0 Å². The number of rotatable bonds is 2. The normalized spacial score (nSPS) is 48.6. The lowest BCUT2D eigenvalue weighted by molar-refractivity contribution is -0.0827. The highest BCUT2D eigenvalue weighted by molar-refractivity contribution is 6.69. The molecule has 0 aromatic rings. The van der Waals surface area contributed by atoms with Gasteiger partial charge in [0.15, 0.2) is 8.32 Å². The molecule has 2 heteroatoms. The molecule has 0 aromatic carbocycles. The molecule has 4 fully saturated rings. The lowest BCUT2D eigenvalue weighted by Gasteiger charge is -2.55. The van der Waals surface area contributed by atoms with Crippen LogP contribution in [0.3, 0.4) is 0 Å². The topological polar surface area (TPSA) is 9.23 Å². The van der Waals surface area contributed by atoms with Crippen LogP contribution in [0.5, 0.6) is 0 Å². The third-order valence-electron chi connectivity index (χ3n) is 4.63. The highest BCUT2D eigenvalue weighted by Crippen LogP contribution is 2.55. The fourth-order valence-electron chi connectivity index (χ4n) is 4.48. The minimum absolute atomic E-state index is 0.657. The molecule has 86 valence electrons. The van der Waals surface area contributed by atoms with Crippen molar-refractivity contribution in [2.45, 2.75) is 57.8 Å². The van der Waals surface area contributed by atoms with E-state index in [1.165, 1.54) is 25.7 Å². The van der Waals surface area contributed by atoms with Crippen molar-refractivity contribution in [3.8, 4) is 0 Å². The van der Waals surface area contributed by atoms with Crippen molar-refractivity contribution in [2.24, 2.45) is 23.7 Å². The molecule has 15 heavy (non-hydrogen) atoms. The summed E-state index contributed by atoms with van der Waals surface area (Å²) in [4.78, 5) is 0. The van der Waals surface area contributed by atoms with E-state index >= 15 is 0 Å². The predicted octanol–water partition coefficient (Wildman–Crippen LogP) is 3.66. The van der Waals surface area contributed by atoms with Crippen LogP contribution in [0, 0.1) is 23.7 Å². The van der Waals surface area contributed by atoms with Gasteiger partial charge in [0.1, 0.15) is 0 Å². The summed E-state index contributed by atoms with van der Waals surface area (Å²) in [5.74, 6) is 4.03. The van der Waals surface area contributed by atoms with Crippen LogP contribution < -0.4 is 0 Å². The zero-order valence-electron chi connectivity index (χ0n) is 10.3. The van der Waals surface area contributed by atoms with Gasteiger partial charge in [0.2, 0.25) is 0 Å². The Labute approximate surface area is 94.7 Å². The summed E-state index contributed by atoms with van der Waals surface area (Å²) in [6.45, 7) is 7.04. The molecule has 4 bridgehead atoms. The molecule has 0 amide bonds. The molecule has 0 saturated heterocycles. The average Bonchev–Trinajstić information content (AvgIpc) is 2.08. The van der Waals surface area contributed by atoms with Crippen LogP contribution in [-0.2, 0) is 4.43 Å². The first-order valence-electron chi connectivity index (χ1n) is 6.69. The van der Waals surface area contributed by atoms with Crippen LogP contribution in [0.2, 0.25) is 19.6 Å². The Morgan fingerprint density at radius 1 is 0.800 bits per heavy atom. The maximum Gasteiger partial charge on any atom is 0.184 e. The van der Waals surface area contributed by atoms with E-state index in [1.807, 2.05) is 0 Å². The lowest BCUT2D eigenvalue weighted by Crippen LogP contribution is -2.52. The van der Waals surface area contributed by atoms with Gasteiger partial charge in [-0.2, -0.15) is 0 Å². The van der Waals surface area contributed by atoms with E-state index in [9.17, 15) is 0 Å². The zero-order chi connectivity index (χ0) is 10.6. The second kappa shape index (κ2) is 3.33. The van der Waals surface area contributed by atoms with Crippen molar-refractivity contribution in [3.05, 3.63) is 0 Å². The summed E-state index contributed by atoms with van der Waals surface area (Å²) in [7, 11) is -1.32. The van der Waals surface area contributed by atoms with Crippen LogP contribution >= 0.6 is 0 Å². The SMILES string of the molecule is C[Si](C)(C)OC1C2CC3CC(C2)CC1C3. The molecular weight excluding hydrogens is 200 g/mol. The summed E-state index contributed by atoms with van der Waals surface area (Å²) in [5, 5.41) is 0. The van der Waals surface area contributed by atoms with Crippen molar-refractivity contribution in [1.82, 2.24) is 0 Å². The van der Waals surface area contributed by atoms with Gasteiger partial charge in [0.25, 0.3) is 0 Å². The Kier molecular flexibility index (Phi) is 2.30. The summed E-state index contributed by atoms with van der Waals surface area (Å²) >= 11 is 0. The molecule has 4 rings (SSSR count). The van der Waals surface area contributed by atoms with Crippen molar-refractivity contribution in [3.63, 3.8) is 0 Å². The molecule has 4 saturated carbocycles. The van der Waals surface area contributed by atoms with Crippen LogP contribution in [-0.4, -0.2) is 14.4 Å². The Morgan fingerprint density at radius 3 is 1.67 bits per heavy atom. The van der Waals surface area contributed by atoms with E-state index in [4.69, 9.17) is 4.43 Å². The summed E-state index contributed by atoms with van der Waals surface area (Å²) in [6, 6.07) is 0. The molecule has 4 aliphatic carbocycles. The fraction of sp³-hybridized carbons (Fsp3) is 1.00. The molecule has 0 spiro atoms. The van der Waals surface area contributed by atoms with Crippen LogP contribution in [0.15, 0.2) is 0 Å². The highest BCUT2D eigenvalue weighted by atomic mass is 28.4. The summed E-state index contributed by atoms with van der Waals surface area (Å²) < 4.78 is 6.45. The standard InChI is InChI=1S/C13H24OSi/c1-15(2,3)14-13-11-5-9-4-10(7-11)8-12(13)6-9/h9-13H,4-8H2,1-3H3. The molecular formula is C13H24OSi. The lowest BCUT2D eigenvalue weighted by atomic mass is 9.55. The largest absolute Gasteiger partial charge is 0.414 e. The fourth-order valence-corrected chi connectivity index (χ4v) is 5.68. The van der Waals surface area contributed by atoms with Crippen LogP contribution in [0.1, 0.15) is 32.1 Å². The van der Waals surface area contributed by atoms with E-state index < -0.39 is 8.32 Å². The van der Waals surface area contributed by atoms with Gasteiger partial charge in [-0.15, -0.1) is 0 Å². The highest BCUT2D eigenvalue weighted by Gasteiger charge is 2.49. The summed E-state index contributed by atoms with van der Waals surface area (Å²) in [5.41, 5.74) is 0. The third kappa shape index (κ3) is 1.91. The molecule has 4 aliphatic rings. The van der Waals surface area contributed by atoms with Gasteiger partial charge in [0.05, 0.1) is 6.10 Å². The van der Waals surface area contributed by atoms with E-state index in [0.29, 0.717) is 6.10 Å². The Balaban J connectivity index is 1.75. The molecule has 1 nitrogen and oxygen atoms in total. The minimum Gasteiger partial charge on any atom is -0.414 e. The van der Waals surface area contributed by atoms with E-state index in [1.54, 1.807) is 6.42 Å². The molecule has 0 N–H and O–H groups in total. The van der Waals surface area contributed by atoms with E-state index in [2.05, 4.69) is 19.6 Å².